The van der Waals surface area contributed by atoms with Crippen molar-refractivity contribution in [3.8, 4) is 17.2 Å². The first-order valence-corrected chi connectivity index (χ1v) is 7.53. The molecule has 0 atom stereocenters. The van der Waals surface area contributed by atoms with Crippen LogP contribution >= 0.6 is 0 Å². The molecule has 23 heavy (non-hydrogen) atoms. The summed E-state index contributed by atoms with van der Waals surface area (Å²) >= 11 is 0. The molecule has 2 aromatic rings. The Hall–Kier alpha value is -2.69. The first-order chi connectivity index (χ1) is 11.2. The smallest absolute Gasteiger partial charge is 0.257 e. The lowest BCUT2D eigenvalue weighted by Gasteiger charge is -2.22. The van der Waals surface area contributed by atoms with Gasteiger partial charge in [-0.25, -0.2) is 0 Å². The van der Waals surface area contributed by atoms with Crippen molar-refractivity contribution in [1.82, 2.24) is 4.90 Å². The Bertz CT molecular complexity index is 714. The number of fused-ring (bicyclic) bond motifs is 1. The molecular formula is C18H19NO4. The highest BCUT2D eigenvalue weighted by atomic mass is 16.7. The van der Waals surface area contributed by atoms with Gasteiger partial charge in [-0.3, -0.25) is 4.79 Å². The van der Waals surface area contributed by atoms with Gasteiger partial charge in [0.2, 0.25) is 6.79 Å². The van der Waals surface area contributed by atoms with Crippen LogP contribution in [0.3, 0.4) is 0 Å². The first-order valence-electron chi connectivity index (χ1n) is 7.53. The summed E-state index contributed by atoms with van der Waals surface area (Å²) in [7, 11) is 1.57. The Morgan fingerprint density at radius 1 is 1.17 bits per heavy atom. The molecule has 0 saturated heterocycles. The van der Waals surface area contributed by atoms with Gasteiger partial charge < -0.3 is 19.1 Å². The molecule has 0 aliphatic carbocycles. The summed E-state index contributed by atoms with van der Waals surface area (Å²) < 4.78 is 16.0. The molecule has 0 saturated carbocycles. The molecule has 0 N–H and O–H groups in total. The normalized spacial score (nSPS) is 12.1. The van der Waals surface area contributed by atoms with Gasteiger partial charge in [0.25, 0.3) is 5.91 Å². The summed E-state index contributed by atoms with van der Waals surface area (Å²) in [6, 6.07) is 13.0. The van der Waals surface area contributed by atoms with Crippen LogP contribution in [-0.4, -0.2) is 31.3 Å². The highest BCUT2D eigenvalue weighted by molar-refractivity contribution is 5.96. The van der Waals surface area contributed by atoms with Crippen LogP contribution in [-0.2, 0) is 6.54 Å². The quantitative estimate of drug-likeness (QED) is 0.851. The van der Waals surface area contributed by atoms with E-state index in [9.17, 15) is 4.79 Å². The molecule has 0 fully saturated rings. The summed E-state index contributed by atoms with van der Waals surface area (Å²) in [6.45, 7) is 3.31. The zero-order valence-corrected chi connectivity index (χ0v) is 13.2. The number of carbonyl (C=O) groups excluding carboxylic acids is 1. The number of amides is 1. The molecule has 5 heteroatoms. The molecule has 120 valence electrons. The number of methoxy groups -OCH3 is 1. The third kappa shape index (κ3) is 3.08. The minimum absolute atomic E-state index is 0.0531. The second-order valence-corrected chi connectivity index (χ2v) is 5.21. The predicted molar refractivity (Wildman–Crippen MR) is 86.0 cm³/mol. The van der Waals surface area contributed by atoms with E-state index < -0.39 is 0 Å². The average molecular weight is 313 g/mol. The van der Waals surface area contributed by atoms with E-state index in [1.807, 2.05) is 37.3 Å². The fourth-order valence-electron chi connectivity index (χ4n) is 2.58. The second kappa shape index (κ2) is 6.60. The second-order valence-electron chi connectivity index (χ2n) is 5.21. The Morgan fingerprint density at radius 3 is 2.74 bits per heavy atom. The average Bonchev–Trinajstić information content (AvgIpc) is 3.06. The van der Waals surface area contributed by atoms with Crippen LogP contribution in [0.2, 0.25) is 0 Å². The van der Waals surface area contributed by atoms with Crippen LogP contribution in [0, 0.1) is 0 Å². The highest BCUT2D eigenvalue weighted by Gasteiger charge is 2.20. The largest absolute Gasteiger partial charge is 0.496 e. The number of rotatable bonds is 5. The lowest BCUT2D eigenvalue weighted by Crippen LogP contribution is -2.30. The SMILES string of the molecule is CCN(Cc1ccc2c(c1)OCO2)C(=O)c1ccccc1OC. The lowest BCUT2D eigenvalue weighted by molar-refractivity contribution is 0.0749. The Balaban J connectivity index is 1.81. The number of benzene rings is 2. The van der Waals surface area contributed by atoms with E-state index in [1.165, 1.54) is 0 Å². The zero-order valence-electron chi connectivity index (χ0n) is 13.2. The van der Waals surface area contributed by atoms with Gasteiger partial charge in [0.1, 0.15) is 5.75 Å². The van der Waals surface area contributed by atoms with Gasteiger partial charge in [0, 0.05) is 13.1 Å². The van der Waals surface area contributed by atoms with Gasteiger partial charge in [-0.2, -0.15) is 0 Å². The van der Waals surface area contributed by atoms with Crippen LogP contribution < -0.4 is 14.2 Å². The highest BCUT2D eigenvalue weighted by Crippen LogP contribution is 2.33. The van der Waals surface area contributed by atoms with Gasteiger partial charge in [0.05, 0.1) is 12.7 Å². The third-order valence-corrected chi connectivity index (χ3v) is 3.82. The van der Waals surface area contributed by atoms with Gasteiger partial charge in [-0.05, 0) is 36.8 Å². The van der Waals surface area contributed by atoms with E-state index in [-0.39, 0.29) is 12.7 Å². The standard InChI is InChI=1S/C18H19NO4/c1-3-19(18(20)14-6-4-5-7-15(14)21-2)11-13-8-9-16-17(10-13)23-12-22-16/h4-10H,3,11-12H2,1-2H3. The molecule has 0 aromatic heterocycles. The summed E-state index contributed by atoms with van der Waals surface area (Å²) in [5, 5.41) is 0. The maximum Gasteiger partial charge on any atom is 0.257 e. The van der Waals surface area contributed by atoms with Gasteiger partial charge in [-0.15, -0.1) is 0 Å². The number of carbonyl (C=O) groups is 1. The van der Waals surface area contributed by atoms with Crippen LogP contribution in [0.15, 0.2) is 42.5 Å². The van der Waals surface area contributed by atoms with E-state index in [1.54, 1.807) is 24.1 Å². The fraction of sp³-hybridized carbons (Fsp3) is 0.278. The van der Waals surface area contributed by atoms with Crippen LogP contribution in [0.4, 0.5) is 0 Å². The van der Waals surface area contributed by atoms with E-state index in [2.05, 4.69) is 0 Å². The first kappa shape index (κ1) is 15.2. The maximum absolute atomic E-state index is 12.8. The van der Waals surface area contributed by atoms with E-state index in [4.69, 9.17) is 14.2 Å². The lowest BCUT2D eigenvalue weighted by atomic mass is 10.1. The van der Waals surface area contributed by atoms with E-state index in [0.29, 0.717) is 24.4 Å². The predicted octanol–water partition coefficient (Wildman–Crippen LogP) is 3.09. The van der Waals surface area contributed by atoms with Gasteiger partial charge in [-0.1, -0.05) is 18.2 Å². The molecule has 0 radical (unpaired) electrons. The van der Waals surface area contributed by atoms with Gasteiger partial charge in [0.15, 0.2) is 11.5 Å². The van der Waals surface area contributed by atoms with Crippen molar-refractivity contribution in [2.75, 3.05) is 20.4 Å². The molecule has 0 bridgehead atoms. The number of hydrogen-bond acceptors (Lipinski definition) is 4. The van der Waals surface area contributed by atoms with Crippen LogP contribution in [0.5, 0.6) is 17.2 Å². The van der Waals surface area contributed by atoms with E-state index in [0.717, 1.165) is 17.1 Å². The number of nitrogens with zero attached hydrogens (tertiary/aromatic N) is 1. The maximum atomic E-state index is 12.8. The van der Waals surface area contributed by atoms with Crippen molar-refractivity contribution in [2.45, 2.75) is 13.5 Å². The van der Waals surface area contributed by atoms with Crippen LogP contribution in [0.25, 0.3) is 0 Å². The monoisotopic (exact) mass is 313 g/mol. The molecule has 1 amide bonds. The number of ether oxygens (including phenoxy) is 3. The molecule has 0 unspecified atom stereocenters. The molecular weight excluding hydrogens is 294 g/mol. The van der Waals surface area contributed by atoms with Crippen LogP contribution in [0.1, 0.15) is 22.8 Å². The molecule has 0 spiro atoms. The third-order valence-electron chi connectivity index (χ3n) is 3.82. The van der Waals surface area contributed by atoms with Gasteiger partial charge >= 0.3 is 0 Å². The minimum atomic E-state index is -0.0531. The van der Waals surface area contributed by atoms with Crippen molar-refractivity contribution in [2.24, 2.45) is 0 Å². The topological polar surface area (TPSA) is 48.0 Å². The Kier molecular flexibility index (Phi) is 4.37. The summed E-state index contributed by atoms with van der Waals surface area (Å²) in [4.78, 5) is 14.6. The van der Waals surface area contributed by atoms with Crippen molar-refractivity contribution >= 4 is 5.91 Å². The summed E-state index contributed by atoms with van der Waals surface area (Å²) in [5.41, 5.74) is 1.57. The molecule has 1 aliphatic rings. The Morgan fingerprint density at radius 2 is 1.96 bits per heavy atom. The van der Waals surface area contributed by atoms with Crippen molar-refractivity contribution in [1.29, 1.82) is 0 Å². The minimum Gasteiger partial charge on any atom is -0.496 e. The van der Waals surface area contributed by atoms with Crippen molar-refractivity contribution in [3.63, 3.8) is 0 Å². The van der Waals surface area contributed by atoms with E-state index >= 15 is 0 Å². The van der Waals surface area contributed by atoms with Crippen molar-refractivity contribution in [3.05, 3.63) is 53.6 Å². The van der Waals surface area contributed by atoms with Crippen molar-refractivity contribution < 1.29 is 19.0 Å². The number of para-hydroxylation sites is 1. The molecule has 3 rings (SSSR count). The number of hydrogen-bond donors (Lipinski definition) is 0. The zero-order chi connectivity index (χ0) is 16.2. The fourth-order valence-corrected chi connectivity index (χ4v) is 2.58. The Labute approximate surface area is 135 Å². The summed E-state index contributed by atoms with van der Waals surface area (Å²) in [5.74, 6) is 2.00. The molecule has 1 heterocycles. The molecule has 1 aliphatic heterocycles. The molecule has 2 aromatic carbocycles. The molecule has 5 nitrogen and oxygen atoms in total. The summed E-state index contributed by atoms with van der Waals surface area (Å²) in [6.07, 6.45) is 0.